The molecular weight excluding hydrogens is 390 g/mol. The van der Waals surface area contributed by atoms with Gasteiger partial charge in [-0.05, 0) is 31.0 Å². The van der Waals surface area contributed by atoms with Gasteiger partial charge in [-0.3, -0.25) is 23.9 Å². The molecule has 0 spiro atoms. The van der Waals surface area contributed by atoms with Crippen molar-refractivity contribution in [2.75, 3.05) is 0 Å². The summed E-state index contributed by atoms with van der Waals surface area (Å²) in [5.74, 6) is 1.02. The van der Waals surface area contributed by atoms with Crippen molar-refractivity contribution in [3.05, 3.63) is 74.1 Å². The molecule has 0 fully saturated rings. The van der Waals surface area contributed by atoms with E-state index in [4.69, 9.17) is 0 Å². The first-order valence-corrected chi connectivity index (χ1v) is 10.2. The number of hydrogen-bond acceptors (Lipinski definition) is 6. The van der Waals surface area contributed by atoms with Crippen LogP contribution in [0.1, 0.15) is 24.5 Å². The van der Waals surface area contributed by atoms with Gasteiger partial charge < -0.3 is 0 Å². The number of fused-ring (bicyclic) bond motifs is 3. The molecule has 0 amide bonds. The highest BCUT2D eigenvalue weighted by Gasteiger charge is 2.18. The lowest BCUT2D eigenvalue weighted by atomic mass is 10.1. The predicted octanol–water partition coefficient (Wildman–Crippen LogP) is 3.96. The maximum absolute atomic E-state index is 12.9. The van der Waals surface area contributed by atoms with E-state index in [1.54, 1.807) is 17.6 Å². The van der Waals surface area contributed by atoms with Crippen LogP contribution in [0.5, 0.6) is 0 Å². The molecule has 0 N–H and O–H groups in total. The highest BCUT2D eigenvalue weighted by Crippen LogP contribution is 2.29. The van der Waals surface area contributed by atoms with Crippen molar-refractivity contribution in [2.24, 2.45) is 0 Å². The average Bonchev–Trinajstić information content (AvgIpc) is 3.14. The third-order valence-corrected chi connectivity index (χ3v) is 5.87. The summed E-state index contributed by atoms with van der Waals surface area (Å²) in [4.78, 5) is 23.7. The largest absolute Gasteiger partial charge is 0.276 e. The van der Waals surface area contributed by atoms with Gasteiger partial charge in [0, 0.05) is 23.9 Å². The van der Waals surface area contributed by atoms with Gasteiger partial charge in [-0.15, -0.1) is 10.2 Å². The van der Waals surface area contributed by atoms with Crippen LogP contribution in [0.15, 0.2) is 52.4 Å². The Hall–Kier alpha value is -3.20. The monoisotopic (exact) mass is 409 g/mol. The van der Waals surface area contributed by atoms with Crippen molar-refractivity contribution in [3.63, 3.8) is 0 Å². The lowest BCUT2D eigenvalue weighted by Gasteiger charge is -2.10. The average molecular weight is 409 g/mol. The molecule has 0 unspecified atom stereocenters. The van der Waals surface area contributed by atoms with E-state index >= 15 is 0 Å². The van der Waals surface area contributed by atoms with Crippen molar-refractivity contribution in [2.45, 2.75) is 37.7 Å². The Morgan fingerprint density at radius 2 is 1.93 bits per heavy atom. The molecule has 4 aromatic rings. The highest BCUT2D eigenvalue weighted by atomic mass is 32.2. The summed E-state index contributed by atoms with van der Waals surface area (Å²) in [6, 6.07) is 12.5. The van der Waals surface area contributed by atoms with Crippen molar-refractivity contribution in [1.82, 2.24) is 19.2 Å². The van der Waals surface area contributed by atoms with Crippen molar-refractivity contribution in [1.29, 1.82) is 0 Å². The zero-order valence-electron chi connectivity index (χ0n) is 16.0. The second-order valence-corrected chi connectivity index (χ2v) is 7.64. The Bertz CT molecular complexity index is 1290. The Balaban J connectivity index is 1.81. The van der Waals surface area contributed by atoms with Crippen LogP contribution >= 0.6 is 11.8 Å². The second-order valence-electron chi connectivity index (χ2n) is 6.70. The molecule has 0 aliphatic carbocycles. The number of benzene rings is 2. The van der Waals surface area contributed by atoms with E-state index in [2.05, 4.69) is 10.2 Å². The van der Waals surface area contributed by atoms with E-state index in [1.165, 1.54) is 17.8 Å². The molecule has 0 bridgehead atoms. The number of rotatable bonds is 6. The summed E-state index contributed by atoms with van der Waals surface area (Å²) in [6.07, 6.45) is 0.802. The first-order valence-electron chi connectivity index (χ1n) is 9.25. The Morgan fingerprint density at radius 3 is 2.69 bits per heavy atom. The number of para-hydroxylation sites is 1. The van der Waals surface area contributed by atoms with Crippen molar-refractivity contribution in [3.8, 4) is 0 Å². The van der Waals surface area contributed by atoms with E-state index in [-0.39, 0.29) is 16.2 Å². The summed E-state index contributed by atoms with van der Waals surface area (Å²) in [6.45, 7) is 4.32. The molecule has 2 aromatic heterocycles. The number of aromatic nitrogens is 4. The molecule has 2 heterocycles. The van der Waals surface area contributed by atoms with Crippen molar-refractivity contribution < 1.29 is 4.92 Å². The molecule has 8 nitrogen and oxygen atoms in total. The van der Waals surface area contributed by atoms with Gasteiger partial charge in [-0.1, -0.05) is 43.0 Å². The fourth-order valence-corrected chi connectivity index (χ4v) is 4.42. The standard InChI is InChI=1S/C20H19N5O3S/c1-3-11-23-18(26)15-8-4-5-9-17(15)24-19(23)21-22-20(24)29-12-14-7-6-10-16(13(14)2)25(27)28/h4-10H,3,11-12H2,1-2H3. The summed E-state index contributed by atoms with van der Waals surface area (Å²) >= 11 is 1.44. The Morgan fingerprint density at radius 1 is 1.14 bits per heavy atom. The molecule has 0 atom stereocenters. The van der Waals surface area contributed by atoms with Crippen LogP contribution in [0, 0.1) is 17.0 Å². The normalized spacial score (nSPS) is 11.4. The Kier molecular flexibility index (Phi) is 5.06. The minimum Gasteiger partial charge on any atom is -0.276 e. The van der Waals surface area contributed by atoms with Crippen LogP contribution < -0.4 is 5.56 Å². The molecule has 0 aliphatic heterocycles. The van der Waals surface area contributed by atoms with Crippen LogP contribution in [0.3, 0.4) is 0 Å². The molecule has 0 saturated carbocycles. The van der Waals surface area contributed by atoms with Crippen LogP contribution in [-0.2, 0) is 12.3 Å². The number of hydrogen-bond donors (Lipinski definition) is 0. The van der Waals surface area contributed by atoms with Crippen molar-refractivity contribution >= 4 is 34.1 Å². The van der Waals surface area contributed by atoms with Crippen LogP contribution in [-0.4, -0.2) is 24.1 Å². The number of aryl methyl sites for hydroxylation is 1. The summed E-state index contributed by atoms with van der Waals surface area (Å²) in [7, 11) is 0. The van der Waals surface area contributed by atoms with E-state index in [0.29, 0.717) is 34.2 Å². The quantitative estimate of drug-likeness (QED) is 0.272. The van der Waals surface area contributed by atoms with Crippen LogP contribution in [0.2, 0.25) is 0 Å². The van der Waals surface area contributed by atoms with Gasteiger partial charge in [0.1, 0.15) is 0 Å². The fraction of sp³-hybridized carbons (Fsp3) is 0.250. The van der Waals surface area contributed by atoms with Crippen LogP contribution in [0.4, 0.5) is 5.69 Å². The third kappa shape index (κ3) is 3.27. The van der Waals surface area contributed by atoms with Gasteiger partial charge in [0.15, 0.2) is 5.16 Å². The smallest absolute Gasteiger partial charge is 0.272 e. The molecule has 0 aliphatic rings. The zero-order chi connectivity index (χ0) is 20.5. The number of nitrogens with zero attached hydrogens (tertiary/aromatic N) is 5. The number of nitro benzene ring substituents is 1. The van der Waals surface area contributed by atoms with Gasteiger partial charge >= 0.3 is 0 Å². The molecule has 0 saturated heterocycles. The van der Waals surface area contributed by atoms with E-state index < -0.39 is 0 Å². The van der Waals surface area contributed by atoms with Gasteiger partial charge in [0.05, 0.1) is 15.8 Å². The van der Waals surface area contributed by atoms with Crippen LogP contribution in [0.25, 0.3) is 16.7 Å². The highest BCUT2D eigenvalue weighted by molar-refractivity contribution is 7.98. The summed E-state index contributed by atoms with van der Waals surface area (Å²) in [5.41, 5.74) is 2.30. The maximum atomic E-state index is 12.9. The van der Waals surface area contributed by atoms with Gasteiger partial charge in [-0.2, -0.15) is 0 Å². The minimum absolute atomic E-state index is 0.0755. The maximum Gasteiger partial charge on any atom is 0.272 e. The third-order valence-electron chi connectivity index (χ3n) is 4.90. The zero-order valence-corrected chi connectivity index (χ0v) is 16.8. The number of nitro groups is 1. The second kappa shape index (κ2) is 7.67. The summed E-state index contributed by atoms with van der Waals surface area (Å²) in [5, 5.41) is 21.0. The first-order chi connectivity index (χ1) is 14.0. The minimum atomic E-state index is -0.368. The molecule has 29 heavy (non-hydrogen) atoms. The number of thioether (sulfide) groups is 1. The molecule has 0 radical (unpaired) electrons. The van der Waals surface area contributed by atoms with E-state index in [9.17, 15) is 14.9 Å². The molecule has 9 heteroatoms. The van der Waals surface area contributed by atoms with E-state index in [0.717, 1.165) is 17.5 Å². The first kappa shape index (κ1) is 19.1. The topological polar surface area (TPSA) is 95.3 Å². The predicted molar refractivity (Wildman–Crippen MR) is 112 cm³/mol. The molecule has 148 valence electrons. The van der Waals surface area contributed by atoms with Gasteiger partial charge in [0.25, 0.3) is 11.2 Å². The fourth-order valence-electron chi connectivity index (χ4n) is 3.42. The molecule has 2 aromatic carbocycles. The SMILES string of the molecule is CCCn1c(=O)c2ccccc2n2c(SCc3cccc([N+](=O)[O-])c3C)nnc12. The Labute approximate surface area is 170 Å². The lowest BCUT2D eigenvalue weighted by molar-refractivity contribution is -0.385. The van der Waals surface area contributed by atoms with Gasteiger partial charge in [0.2, 0.25) is 5.78 Å². The van der Waals surface area contributed by atoms with Gasteiger partial charge in [-0.25, -0.2) is 0 Å². The van der Waals surface area contributed by atoms with E-state index in [1.807, 2.05) is 41.7 Å². The summed E-state index contributed by atoms with van der Waals surface area (Å²) < 4.78 is 3.54. The lowest BCUT2D eigenvalue weighted by Crippen LogP contribution is -2.23. The molecule has 4 rings (SSSR count). The molecular formula is C20H19N5O3S.